The van der Waals surface area contributed by atoms with E-state index in [0.717, 1.165) is 0 Å². The van der Waals surface area contributed by atoms with Gasteiger partial charge in [0.2, 0.25) is 5.78 Å². The standard InChI is InChI=1S/C22H28O7/c1-7-20(5)9-12(24)16-21(6)10-13(29-11(2)23)17(26)19(3,4)14(21)8-15(25)22(16,28)18(20)27/h7,10,14-16,25,28H,1,8-9H2,2-6H3/t14-,15+,16+,20-,21-,22-/m1/s1. The van der Waals surface area contributed by atoms with E-state index < -0.39 is 63.1 Å². The van der Waals surface area contributed by atoms with E-state index in [1.54, 1.807) is 20.8 Å². The van der Waals surface area contributed by atoms with Crippen molar-refractivity contribution < 1.29 is 34.1 Å². The van der Waals surface area contributed by atoms with Crippen LogP contribution < -0.4 is 0 Å². The molecular weight excluding hydrogens is 376 g/mol. The molecule has 6 atom stereocenters. The largest absolute Gasteiger partial charge is 0.423 e. The monoisotopic (exact) mass is 404 g/mol. The minimum Gasteiger partial charge on any atom is -0.423 e. The summed E-state index contributed by atoms with van der Waals surface area (Å²) >= 11 is 0. The minimum absolute atomic E-state index is 0.0572. The van der Waals surface area contributed by atoms with Gasteiger partial charge >= 0.3 is 5.97 Å². The van der Waals surface area contributed by atoms with Crippen molar-refractivity contribution in [1.29, 1.82) is 0 Å². The minimum atomic E-state index is -2.32. The van der Waals surface area contributed by atoms with Gasteiger partial charge in [-0.25, -0.2) is 0 Å². The summed E-state index contributed by atoms with van der Waals surface area (Å²) in [7, 11) is 0. The average molecular weight is 404 g/mol. The van der Waals surface area contributed by atoms with Crippen molar-refractivity contribution in [2.24, 2.45) is 28.1 Å². The highest BCUT2D eigenvalue weighted by atomic mass is 16.5. The molecule has 3 aliphatic rings. The van der Waals surface area contributed by atoms with Crippen LogP contribution in [0.15, 0.2) is 24.5 Å². The predicted molar refractivity (Wildman–Crippen MR) is 102 cm³/mol. The number of rotatable bonds is 2. The first-order chi connectivity index (χ1) is 13.2. The number of hydrogen-bond donors (Lipinski definition) is 2. The van der Waals surface area contributed by atoms with Gasteiger partial charge in [-0.3, -0.25) is 19.2 Å². The van der Waals surface area contributed by atoms with Crippen LogP contribution in [0.1, 0.15) is 47.5 Å². The molecule has 0 aromatic carbocycles. The number of fused-ring (bicyclic) bond motifs is 3. The number of aliphatic hydroxyl groups excluding tert-OH is 1. The van der Waals surface area contributed by atoms with E-state index in [-0.39, 0.29) is 18.6 Å². The summed E-state index contributed by atoms with van der Waals surface area (Å²) in [5.41, 5.74) is -5.88. The number of allylic oxidation sites excluding steroid dienone is 3. The molecular formula is C22H28O7. The van der Waals surface area contributed by atoms with Crippen molar-refractivity contribution >= 4 is 23.3 Å². The lowest BCUT2D eigenvalue weighted by atomic mass is 9.42. The SMILES string of the molecule is C=C[C@]1(C)CC(=O)[C@H]2[C@]3(C)C=C(OC(C)=O)C(=O)C(C)(C)[C@H]3C[C@H](O)[C@]2(O)C1=O. The molecule has 0 unspecified atom stereocenters. The molecule has 7 heteroatoms. The molecule has 0 bridgehead atoms. The van der Waals surface area contributed by atoms with Gasteiger partial charge in [0.05, 0.1) is 17.4 Å². The predicted octanol–water partition coefficient (Wildman–Crippen LogP) is 1.51. The maximum atomic E-state index is 13.3. The van der Waals surface area contributed by atoms with Crippen LogP contribution in [0.25, 0.3) is 0 Å². The number of Topliss-reactive ketones (excluding diaryl/α,β-unsaturated/α-hetero) is 3. The molecule has 0 spiro atoms. The number of ether oxygens (including phenoxy) is 1. The number of hydrogen-bond acceptors (Lipinski definition) is 7. The lowest BCUT2D eigenvalue weighted by molar-refractivity contribution is -0.218. The van der Waals surface area contributed by atoms with Crippen molar-refractivity contribution in [2.45, 2.75) is 59.2 Å². The molecule has 2 fully saturated rings. The molecule has 0 aliphatic heterocycles. The van der Waals surface area contributed by atoms with Gasteiger partial charge in [-0.05, 0) is 25.3 Å². The van der Waals surface area contributed by atoms with Crippen molar-refractivity contribution in [3.63, 3.8) is 0 Å². The molecule has 0 aromatic rings. The number of aliphatic hydroxyl groups is 2. The maximum absolute atomic E-state index is 13.3. The van der Waals surface area contributed by atoms with Crippen LogP contribution in [-0.4, -0.2) is 45.2 Å². The molecule has 29 heavy (non-hydrogen) atoms. The van der Waals surface area contributed by atoms with Gasteiger partial charge in [0.15, 0.2) is 17.1 Å². The highest BCUT2D eigenvalue weighted by Gasteiger charge is 2.72. The quantitative estimate of drug-likeness (QED) is 0.529. The van der Waals surface area contributed by atoms with E-state index in [1.807, 2.05) is 0 Å². The first kappa shape index (κ1) is 21.6. The zero-order chi connectivity index (χ0) is 22.2. The van der Waals surface area contributed by atoms with Crippen LogP contribution in [-0.2, 0) is 23.9 Å². The zero-order valence-corrected chi connectivity index (χ0v) is 17.4. The Labute approximate surface area is 169 Å². The average Bonchev–Trinajstić information content (AvgIpc) is 2.60. The molecule has 0 aromatic heterocycles. The van der Waals surface area contributed by atoms with E-state index in [0.29, 0.717) is 0 Å². The third-order valence-corrected chi connectivity index (χ3v) is 7.35. The van der Waals surface area contributed by atoms with Crippen LogP contribution in [0.4, 0.5) is 0 Å². The molecule has 0 amide bonds. The molecule has 3 aliphatic carbocycles. The lowest BCUT2D eigenvalue weighted by Gasteiger charge is -2.61. The molecule has 2 saturated carbocycles. The normalized spacial score (nSPS) is 43.8. The van der Waals surface area contributed by atoms with Gasteiger partial charge in [-0.2, -0.15) is 0 Å². The Hall–Kier alpha value is -2.12. The Morgan fingerprint density at radius 3 is 2.34 bits per heavy atom. The molecule has 3 rings (SSSR count). The fourth-order valence-electron chi connectivity index (χ4n) is 5.88. The Bertz CT molecular complexity index is 868. The van der Waals surface area contributed by atoms with E-state index in [4.69, 9.17) is 4.74 Å². The number of carbonyl (C=O) groups is 4. The van der Waals surface area contributed by atoms with Crippen LogP contribution in [0, 0.1) is 28.1 Å². The molecule has 158 valence electrons. The Morgan fingerprint density at radius 1 is 1.24 bits per heavy atom. The second-order valence-corrected chi connectivity index (χ2v) is 9.68. The summed E-state index contributed by atoms with van der Waals surface area (Å²) in [6.45, 7) is 11.3. The van der Waals surface area contributed by atoms with E-state index in [2.05, 4.69) is 6.58 Å². The van der Waals surface area contributed by atoms with Gasteiger partial charge in [0, 0.05) is 24.2 Å². The summed E-state index contributed by atoms with van der Waals surface area (Å²) in [6.07, 6.45) is 0.991. The van der Waals surface area contributed by atoms with Gasteiger partial charge in [0.1, 0.15) is 5.78 Å². The maximum Gasteiger partial charge on any atom is 0.308 e. The second kappa shape index (κ2) is 6.19. The number of ketones is 3. The van der Waals surface area contributed by atoms with Crippen molar-refractivity contribution in [2.75, 3.05) is 0 Å². The third kappa shape index (κ3) is 2.63. The first-order valence-corrected chi connectivity index (χ1v) is 9.74. The summed E-state index contributed by atoms with van der Waals surface area (Å²) in [5.74, 6) is -4.18. The van der Waals surface area contributed by atoms with Crippen LogP contribution in [0.5, 0.6) is 0 Å². The smallest absolute Gasteiger partial charge is 0.308 e. The van der Waals surface area contributed by atoms with Crippen molar-refractivity contribution in [1.82, 2.24) is 0 Å². The summed E-state index contributed by atoms with van der Waals surface area (Å²) in [6, 6.07) is 0. The lowest BCUT2D eigenvalue weighted by Crippen LogP contribution is -2.74. The molecule has 0 saturated heterocycles. The van der Waals surface area contributed by atoms with Crippen LogP contribution >= 0.6 is 0 Å². The summed E-state index contributed by atoms with van der Waals surface area (Å²) < 4.78 is 5.13. The molecule has 0 radical (unpaired) electrons. The van der Waals surface area contributed by atoms with Gasteiger partial charge in [-0.1, -0.05) is 26.8 Å². The highest BCUT2D eigenvalue weighted by molar-refractivity contribution is 6.07. The second-order valence-electron chi connectivity index (χ2n) is 9.68. The van der Waals surface area contributed by atoms with E-state index in [1.165, 1.54) is 26.0 Å². The Kier molecular flexibility index (Phi) is 4.61. The molecule has 2 N–H and O–H groups in total. The summed E-state index contributed by atoms with van der Waals surface area (Å²) in [5, 5.41) is 22.4. The third-order valence-electron chi connectivity index (χ3n) is 7.35. The molecule has 7 nitrogen and oxygen atoms in total. The Morgan fingerprint density at radius 2 is 1.83 bits per heavy atom. The highest BCUT2D eigenvalue weighted by Crippen LogP contribution is 2.63. The van der Waals surface area contributed by atoms with Gasteiger partial charge in [-0.15, -0.1) is 6.58 Å². The van der Waals surface area contributed by atoms with Gasteiger partial charge in [0.25, 0.3) is 0 Å². The summed E-state index contributed by atoms with van der Waals surface area (Å²) in [4.78, 5) is 51.1. The Balaban J connectivity index is 2.27. The van der Waals surface area contributed by atoms with Crippen LogP contribution in [0.3, 0.4) is 0 Å². The first-order valence-electron chi connectivity index (χ1n) is 9.74. The molecule has 0 heterocycles. The van der Waals surface area contributed by atoms with Gasteiger partial charge < -0.3 is 14.9 Å². The van der Waals surface area contributed by atoms with Crippen molar-refractivity contribution in [3.05, 3.63) is 24.5 Å². The fourth-order valence-corrected chi connectivity index (χ4v) is 5.88. The van der Waals surface area contributed by atoms with E-state index >= 15 is 0 Å². The number of carbonyl (C=O) groups excluding carboxylic acids is 4. The topological polar surface area (TPSA) is 118 Å². The van der Waals surface area contributed by atoms with E-state index in [9.17, 15) is 29.4 Å². The number of esters is 1. The fraction of sp³-hybridized carbons (Fsp3) is 0.636. The van der Waals surface area contributed by atoms with Crippen molar-refractivity contribution in [3.8, 4) is 0 Å². The zero-order valence-electron chi connectivity index (χ0n) is 17.4. The van der Waals surface area contributed by atoms with Crippen LogP contribution in [0.2, 0.25) is 0 Å².